The summed E-state index contributed by atoms with van der Waals surface area (Å²) in [5, 5.41) is 0. The first-order valence-corrected chi connectivity index (χ1v) is 7.96. The molecule has 2 rings (SSSR count). The van der Waals surface area contributed by atoms with E-state index in [0.717, 1.165) is 25.9 Å². The lowest BCUT2D eigenvalue weighted by atomic mass is 10.0. The molecule has 2 nitrogen and oxygen atoms in total. The van der Waals surface area contributed by atoms with Crippen LogP contribution in [0, 0.1) is 0 Å². The fraction of sp³-hybridized carbons (Fsp3) is 0.692. The van der Waals surface area contributed by atoms with Crippen molar-refractivity contribution in [2.75, 3.05) is 6.61 Å². The van der Waals surface area contributed by atoms with E-state index < -0.39 is 0 Å². The highest BCUT2D eigenvalue weighted by Crippen LogP contribution is 2.24. The summed E-state index contributed by atoms with van der Waals surface area (Å²) in [6.45, 7) is 0.942. The molecule has 96 valence electrons. The molecule has 1 aliphatic heterocycles. The van der Waals surface area contributed by atoms with Gasteiger partial charge in [0.15, 0.2) is 0 Å². The van der Waals surface area contributed by atoms with Crippen molar-refractivity contribution < 1.29 is 4.74 Å². The molecule has 1 fully saturated rings. The molecule has 1 aromatic rings. The second-order valence-corrected chi connectivity index (χ2v) is 7.28. The molecule has 1 aliphatic rings. The van der Waals surface area contributed by atoms with Crippen LogP contribution in [0.25, 0.3) is 0 Å². The average Bonchev–Trinajstić information content (AvgIpc) is 2.73. The van der Waals surface area contributed by atoms with Gasteiger partial charge in [-0.2, -0.15) is 0 Å². The Kier molecular flexibility index (Phi) is 5.48. The molecule has 0 aromatic carbocycles. The van der Waals surface area contributed by atoms with Crippen LogP contribution in [0.15, 0.2) is 15.9 Å². The van der Waals surface area contributed by atoms with Gasteiger partial charge in [0.05, 0.1) is 9.89 Å². The Labute approximate surface area is 116 Å². The van der Waals surface area contributed by atoms with Gasteiger partial charge >= 0.3 is 0 Å². The highest BCUT2D eigenvalue weighted by Gasteiger charge is 2.15. The molecule has 2 unspecified atom stereocenters. The maximum Gasteiger partial charge on any atom is 0.0701 e. The SMILES string of the molecule is NC(CCC1CCCCO1)Cc1ccc(Br)s1. The summed E-state index contributed by atoms with van der Waals surface area (Å²) in [7, 11) is 0. The second-order valence-electron chi connectivity index (χ2n) is 4.74. The van der Waals surface area contributed by atoms with Crippen molar-refractivity contribution in [3.63, 3.8) is 0 Å². The minimum absolute atomic E-state index is 0.270. The van der Waals surface area contributed by atoms with E-state index in [9.17, 15) is 0 Å². The maximum atomic E-state index is 6.17. The highest BCUT2D eigenvalue weighted by atomic mass is 79.9. The molecule has 0 aliphatic carbocycles. The standard InChI is InChI=1S/C13H20BrNOS/c14-13-7-6-12(17-13)9-10(15)4-5-11-3-1-2-8-16-11/h6-7,10-11H,1-5,8-9,15H2. The average molecular weight is 318 g/mol. The highest BCUT2D eigenvalue weighted by molar-refractivity contribution is 9.11. The largest absolute Gasteiger partial charge is 0.378 e. The Balaban J connectivity index is 1.68. The predicted molar refractivity (Wildman–Crippen MR) is 76.5 cm³/mol. The first-order valence-electron chi connectivity index (χ1n) is 6.35. The van der Waals surface area contributed by atoms with E-state index in [1.165, 1.54) is 27.9 Å². The minimum Gasteiger partial charge on any atom is -0.378 e. The Bertz CT molecular complexity index is 336. The van der Waals surface area contributed by atoms with E-state index in [1.807, 2.05) is 0 Å². The molecule has 1 saturated heterocycles. The quantitative estimate of drug-likeness (QED) is 0.898. The Morgan fingerprint density at radius 3 is 3.00 bits per heavy atom. The van der Waals surface area contributed by atoms with Crippen LogP contribution >= 0.6 is 27.3 Å². The van der Waals surface area contributed by atoms with Gasteiger partial charge in [-0.3, -0.25) is 0 Å². The number of thiophene rings is 1. The Morgan fingerprint density at radius 2 is 2.35 bits per heavy atom. The van der Waals surface area contributed by atoms with Crippen LogP contribution in [0.2, 0.25) is 0 Å². The first kappa shape index (κ1) is 13.5. The lowest BCUT2D eigenvalue weighted by Crippen LogP contribution is -2.26. The Morgan fingerprint density at radius 1 is 1.47 bits per heavy atom. The number of hydrogen-bond donors (Lipinski definition) is 1. The van der Waals surface area contributed by atoms with Crippen molar-refractivity contribution in [2.45, 2.75) is 50.7 Å². The van der Waals surface area contributed by atoms with Crippen LogP contribution < -0.4 is 5.73 Å². The third-order valence-corrected chi connectivity index (χ3v) is 4.87. The van der Waals surface area contributed by atoms with Gasteiger partial charge in [0.25, 0.3) is 0 Å². The molecule has 4 heteroatoms. The van der Waals surface area contributed by atoms with Gasteiger partial charge in [0.1, 0.15) is 0 Å². The molecule has 0 amide bonds. The number of rotatable bonds is 5. The number of nitrogens with two attached hydrogens (primary N) is 1. The topological polar surface area (TPSA) is 35.2 Å². The van der Waals surface area contributed by atoms with Crippen LogP contribution in [0.1, 0.15) is 37.0 Å². The number of hydrogen-bond acceptors (Lipinski definition) is 3. The van der Waals surface area contributed by atoms with Crippen molar-refractivity contribution in [1.29, 1.82) is 0 Å². The molecule has 2 heterocycles. The predicted octanol–water partition coefficient (Wildman–Crippen LogP) is 3.73. The van der Waals surface area contributed by atoms with Crippen molar-refractivity contribution >= 4 is 27.3 Å². The first-order chi connectivity index (χ1) is 8.24. The number of ether oxygens (including phenoxy) is 1. The summed E-state index contributed by atoms with van der Waals surface area (Å²) in [5.41, 5.74) is 6.17. The van der Waals surface area contributed by atoms with Crippen molar-refractivity contribution in [3.8, 4) is 0 Å². The zero-order valence-electron chi connectivity index (χ0n) is 10.0. The number of halogens is 1. The molecular weight excluding hydrogens is 298 g/mol. The molecule has 0 bridgehead atoms. The summed E-state index contributed by atoms with van der Waals surface area (Å²) in [4.78, 5) is 1.37. The van der Waals surface area contributed by atoms with Gasteiger partial charge in [-0.05, 0) is 66.6 Å². The van der Waals surface area contributed by atoms with E-state index in [0.29, 0.717) is 6.10 Å². The van der Waals surface area contributed by atoms with E-state index in [1.54, 1.807) is 11.3 Å². The fourth-order valence-electron chi connectivity index (χ4n) is 2.26. The smallest absolute Gasteiger partial charge is 0.0701 e. The summed E-state index contributed by atoms with van der Waals surface area (Å²) in [5.74, 6) is 0. The van der Waals surface area contributed by atoms with Crippen LogP contribution in [-0.2, 0) is 11.2 Å². The summed E-state index contributed by atoms with van der Waals surface area (Å²) in [6, 6.07) is 4.52. The minimum atomic E-state index is 0.270. The van der Waals surface area contributed by atoms with Crippen LogP contribution in [0.5, 0.6) is 0 Å². The van der Waals surface area contributed by atoms with Crippen LogP contribution in [0.4, 0.5) is 0 Å². The fourth-order valence-corrected chi connectivity index (χ4v) is 3.83. The van der Waals surface area contributed by atoms with Crippen molar-refractivity contribution in [3.05, 3.63) is 20.8 Å². The maximum absolute atomic E-state index is 6.17. The van der Waals surface area contributed by atoms with E-state index in [-0.39, 0.29) is 6.04 Å². The third kappa shape index (κ3) is 4.70. The van der Waals surface area contributed by atoms with Gasteiger partial charge in [-0.1, -0.05) is 0 Å². The lowest BCUT2D eigenvalue weighted by Gasteiger charge is -2.23. The second kappa shape index (κ2) is 6.88. The van der Waals surface area contributed by atoms with E-state index >= 15 is 0 Å². The molecule has 0 spiro atoms. The zero-order chi connectivity index (χ0) is 12.1. The molecule has 17 heavy (non-hydrogen) atoms. The van der Waals surface area contributed by atoms with Gasteiger partial charge in [0, 0.05) is 17.5 Å². The molecule has 0 saturated carbocycles. The van der Waals surface area contributed by atoms with Crippen LogP contribution in [-0.4, -0.2) is 18.8 Å². The normalized spacial score (nSPS) is 22.6. The van der Waals surface area contributed by atoms with E-state index in [4.69, 9.17) is 10.5 Å². The van der Waals surface area contributed by atoms with Gasteiger partial charge in [-0.25, -0.2) is 0 Å². The molecule has 1 aromatic heterocycles. The zero-order valence-corrected chi connectivity index (χ0v) is 12.4. The van der Waals surface area contributed by atoms with Crippen molar-refractivity contribution in [1.82, 2.24) is 0 Å². The lowest BCUT2D eigenvalue weighted by molar-refractivity contribution is 0.00916. The molecule has 2 N–H and O–H groups in total. The summed E-state index contributed by atoms with van der Waals surface area (Å²) in [6.07, 6.45) is 7.41. The van der Waals surface area contributed by atoms with Gasteiger partial charge in [0.2, 0.25) is 0 Å². The summed E-state index contributed by atoms with van der Waals surface area (Å²) >= 11 is 5.26. The monoisotopic (exact) mass is 317 g/mol. The van der Waals surface area contributed by atoms with Gasteiger partial charge in [-0.15, -0.1) is 11.3 Å². The van der Waals surface area contributed by atoms with E-state index in [2.05, 4.69) is 28.1 Å². The molecule has 2 atom stereocenters. The van der Waals surface area contributed by atoms with Crippen molar-refractivity contribution in [2.24, 2.45) is 5.73 Å². The molecule has 0 radical (unpaired) electrons. The summed E-state index contributed by atoms with van der Waals surface area (Å²) < 4.78 is 6.91. The van der Waals surface area contributed by atoms with Gasteiger partial charge < -0.3 is 10.5 Å². The molecular formula is C13H20BrNOS. The third-order valence-electron chi connectivity index (χ3n) is 3.23. The van der Waals surface area contributed by atoms with Crippen LogP contribution in [0.3, 0.4) is 0 Å². The Hall–Kier alpha value is 0.1000.